The van der Waals surface area contributed by atoms with Crippen molar-refractivity contribution < 1.29 is 28.3 Å². The molecule has 0 radical (unpaired) electrons. The Hall–Kier alpha value is -3.03. The second kappa shape index (κ2) is 10.3. The maximum Gasteiger partial charge on any atom is 0.310 e. The maximum atomic E-state index is 12.7. The summed E-state index contributed by atoms with van der Waals surface area (Å²) in [5.41, 5.74) is 2.10. The maximum absolute atomic E-state index is 12.7. The number of benzene rings is 1. The van der Waals surface area contributed by atoms with Crippen molar-refractivity contribution in [2.24, 2.45) is 5.92 Å². The van der Waals surface area contributed by atoms with E-state index in [1.807, 2.05) is 12.1 Å². The lowest BCUT2D eigenvalue weighted by molar-refractivity contribution is -0.152. The van der Waals surface area contributed by atoms with Crippen LogP contribution in [0.5, 0.6) is 5.75 Å². The highest BCUT2D eigenvalue weighted by Crippen LogP contribution is 2.34. The molecule has 1 aliphatic heterocycles. The number of hydrogen-bond acceptors (Lipinski definition) is 6. The van der Waals surface area contributed by atoms with E-state index < -0.39 is 0 Å². The summed E-state index contributed by atoms with van der Waals surface area (Å²) in [7, 11) is 1.59. The van der Waals surface area contributed by atoms with Gasteiger partial charge in [-0.15, -0.1) is 0 Å². The Kier molecular flexibility index (Phi) is 7.20. The molecule has 1 saturated heterocycles. The first-order valence-corrected chi connectivity index (χ1v) is 11.8. The Balaban J connectivity index is 1.29. The number of carbonyl (C=O) groups excluding carboxylic acids is 3. The van der Waals surface area contributed by atoms with Gasteiger partial charge in [0, 0.05) is 37.5 Å². The number of nitrogens with zero attached hydrogens (tertiary/aromatic N) is 2. The van der Waals surface area contributed by atoms with Gasteiger partial charge in [-0.2, -0.15) is 0 Å². The van der Waals surface area contributed by atoms with Gasteiger partial charge in [0.15, 0.2) is 6.61 Å². The molecule has 0 spiro atoms. The van der Waals surface area contributed by atoms with Crippen LogP contribution in [0.25, 0.3) is 11.0 Å². The number of fused-ring (bicyclic) bond motifs is 3. The Bertz CT molecular complexity index is 1030. The fourth-order valence-corrected chi connectivity index (χ4v) is 4.63. The van der Waals surface area contributed by atoms with Crippen molar-refractivity contribution in [1.29, 1.82) is 0 Å². The molecule has 2 heterocycles. The molecule has 8 heteroatoms. The van der Waals surface area contributed by atoms with Crippen LogP contribution in [0.1, 0.15) is 43.9 Å². The summed E-state index contributed by atoms with van der Waals surface area (Å²) in [5, 5.41) is 1.06. The summed E-state index contributed by atoms with van der Waals surface area (Å²) in [6.07, 6.45) is 5.74. The minimum absolute atomic E-state index is 0.0496. The van der Waals surface area contributed by atoms with E-state index in [9.17, 15) is 14.4 Å². The third kappa shape index (κ3) is 5.31. The number of likely N-dealkylation sites (N-methyl/N-ethyl adjacent to an activating group) is 1. The van der Waals surface area contributed by atoms with Gasteiger partial charge < -0.3 is 23.7 Å². The molecule has 0 bridgehead atoms. The van der Waals surface area contributed by atoms with Crippen LogP contribution in [0.2, 0.25) is 0 Å². The van der Waals surface area contributed by atoms with E-state index in [-0.39, 0.29) is 36.9 Å². The smallest absolute Gasteiger partial charge is 0.310 e. The zero-order valence-corrected chi connectivity index (χ0v) is 19.4. The molecular weight excluding hydrogens is 424 g/mol. The summed E-state index contributed by atoms with van der Waals surface area (Å²) >= 11 is 0. The highest BCUT2D eigenvalue weighted by atomic mass is 16.5. The Morgan fingerprint density at radius 1 is 1.18 bits per heavy atom. The summed E-state index contributed by atoms with van der Waals surface area (Å²) in [5.74, 6) is 0.658. The van der Waals surface area contributed by atoms with E-state index in [1.165, 1.54) is 10.5 Å². The van der Waals surface area contributed by atoms with E-state index in [0.717, 1.165) is 55.3 Å². The molecular formula is C25H32N2O6. The first kappa shape index (κ1) is 23.1. The molecule has 1 aromatic carbocycles. The average molecular weight is 457 g/mol. The summed E-state index contributed by atoms with van der Waals surface area (Å²) < 4.78 is 16.8. The standard InChI is InChI=1S/C25H32N2O6/c1-3-31-25(30)17-7-6-12-27(14-17)23(28)15-26(2)24(29)16-32-18-10-11-22-20(13-18)19-8-4-5-9-21(19)33-22/h10-11,13,17H,3-9,12,14-16H2,1-2H3. The summed E-state index contributed by atoms with van der Waals surface area (Å²) in [6, 6.07) is 5.63. The molecule has 8 nitrogen and oxygen atoms in total. The van der Waals surface area contributed by atoms with Gasteiger partial charge in [-0.1, -0.05) is 0 Å². The molecule has 2 amide bonds. The predicted molar refractivity (Wildman–Crippen MR) is 122 cm³/mol. The van der Waals surface area contributed by atoms with Crippen molar-refractivity contribution in [2.75, 3.05) is 39.9 Å². The third-order valence-corrected chi connectivity index (χ3v) is 6.48. The first-order chi connectivity index (χ1) is 16.0. The predicted octanol–water partition coefficient (Wildman–Crippen LogP) is 2.95. The highest BCUT2D eigenvalue weighted by molar-refractivity contribution is 5.86. The van der Waals surface area contributed by atoms with Gasteiger partial charge in [-0.3, -0.25) is 14.4 Å². The van der Waals surface area contributed by atoms with Crippen LogP contribution >= 0.6 is 0 Å². The third-order valence-electron chi connectivity index (χ3n) is 6.48. The van der Waals surface area contributed by atoms with Gasteiger partial charge in [0.25, 0.3) is 5.91 Å². The number of hydrogen-bond donors (Lipinski definition) is 0. The number of piperidine rings is 1. The molecule has 1 unspecified atom stereocenters. The van der Waals surface area contributed by atoms with Crippen LogP contribution in [0.4, 0.5) is 0 Å². The summed E-state index contributed by atoms with van der Waals surface area (Å²) in [6.45, 7) is 2.82. The molecule has 4 rings (SSSR count). The monoisotopic (exact) mass is 456 g/mol. The van der Waals surface area contributed by atoms with Crippen LogP contribution < -0.4 is 4.74 Å². The number of likely N-dealkylation sites (tertiary alicyclic amines) is 1. The van der Waals surface area contributed by atoms with Gasteiger partial charge in [0.1, 0.15) is 17.1 Å². The Labute approximate surface area is 193 Å². The van der Waals surface area contributed by atoms with Crippen molar-refractivity contribution in [3.63, 3.8) is 0 Å². The second-order valence-electron chi connectivity index (χ2n) is 8.84. The van der Waals surface area contributed by atoms with E-state index in [2.05, 4.69) is 0 Å². The molecule has 1 atom stereocenters. The summed E-state index contributed by atoms with van der Waals surface area (Å²) in [4.78, 5) is 40.3. The number of carbonyl (C=O) groups is 3. The van der Waals surface area contributed by atoms with E-state index in [0.29, 0.717) is 25.4 Å². The molecule has 2 aromatic rings. The fraction of sp³-hybridized carbons (Fsp3) is 0.560. The molecule has 1 aliphatic carbocycles. The van der Waals surface area contributed by atoms with Crippen molar-refractivity contribution in [2.45, 2.75) is 45.4 Å². The zero-order chi connectivity index (χ0) is 23.4. The Morgan fingerprint density at radius 2 is 2.00 bits per heavy atom. The quantitative estimate of drug-likeness (QED) is 0.595. The lowest BCUT2D eigenvalue weighted by atomic mass is 9.96. The molecule has 33 heavy (non-hydrogen) atoms. The number of ether oxygens (including phenoxy) is 2. The van der Waals surface area contributed by atoms with Gasteiger partial charge >= 0.3 is 5.97 Å². The van der Waals surface area contributed by atoms with Crippen molar-refractivity contribution in [3.05, 3.63) is 29.5 Å². The van der Waals surface area contributed by atoms with E-state index >= 15 is 0 Å². The minimum Gasteiger partial charge on any atom is -0.484 e. The largest absolute Gasteiger partial charge is 0.484 e. The average Bonchev–Trinajstić information content (AvgIpc) is 3.20. The van der Waals surface area contributed by atoms with Crippen molar-refractivity contribution in [1.82, 2.24) is 9.80 Å². The van der Waals surface area contributed by atoms with Gasteiger partial charge in [-0.25, -0.2) is 0 Å². The Morgan fingerprint density at radius 3 is 2.82 bits per heavy atom. The molecule has 1 aromatic heterocycles. The number of amides is 2. The molecule has 0 saturated carbocycles. The molecule has 1 fully saturated rings. The molecule has 2 aliphatic rings. The van der Waals surface area contributed by atoms with Crippen LogP contribution in [-0.2, 0) is 32.0 Å². The van der Waals surface area contributed by atoms with Crippen LogP contribution in [0.3, 0.4) is 0 Å². The second-order valence-corrected chi connectivity index (χ2v) is 8.84. The van der Waals surface area contributed by atoms with Crippen molar-refractivity contribution in [3.8, 4) is 5.75 Å². The zero-order valence-electron chi connectivity index (χ0n) is 19.4. The van der Waals surface area contributed by atoms with E-state index in [4.69, 9.17) is 13.9 Å². The van der Waals surface area contributed by atoms with Gasteiger partial charge in [-0.05, 0) is 57.2 Å². The van der Waals surface area contributed by atoms with Crippen LogP contribution in [0, 0.1) is 5.92 Å². The fourth-order valence-electron chi connectivity index (χ4n) is 4.63. The van der Waals surface area contributed by atoms with Gasteiger partial charge in [0.2, 0.25) is 5.91 Å². The number of esters is 1. The van der Waals surface area contributed by atoms with Crippen LogP contribution in [0.15, 0.2) is 22.6 Å². The normalized spacial score (nSPS) is 18.0. The molecule has 178 valence electrons. The van der Waals surface area contributed by atoms with Gasteiger partial charge in [0.05, 0.1) is 19.1 Å². The number of rotatable bonds is 7. The molecule has 0 N–H and O–H groups in total. The van der Waals surface area contributed by atoms with E-state index in [1.54, 1.807) is 24.9 Å². The van der Waals surface area contributed by atoms with Crippen LogP contribution in [-0.4, -0.2) is 67.5 Å². The highest BCUT2D eigenvalue weighted by Gasteiger charge is 2.30. The SMILES string of the molecule is CCOC(=O)C1CCCN(C(=O)CN(C)C(=O)COc2ccc3oc4c(c3c2)CCCC4)C1. The number of aryl methyl sites for hydroxylation is 2. The lowest BCUT2D eigenvalue weighted by Gasteiger charge is -2.32. The number of furan rings is 1. The lowest BCUT2D eigenvalue weighted by Crippen LogP contribution is -2.47. The topological polar surface area (TPSA) is 89.3 Å². The minimum atomic E-state index is -0.296. The van der Waals surface area contributed by atoms with Crippen molar-refractivity contribution >= 4 is 28.8 Å². The first-order valence-electron chi connectivity index (χ1n) is 11.8.